The SMILES string of the molecule is O=C(NN=Cc1ccc2ncccc2n1)C1CC1c1cccc(Cl)c1. The molecule has 4 rings (SSSR count). The molecule has 1 N–H and O–H groups in total. The Hall–Kier alpha value is -2.79. The molecule has 5 nitrogen and oxygen atoms in total. The van der Waals surface area contributed by atoms with E-state index < -0.39 is 0 Å². The van der Waals surface area contributed by atoms with Crippen molar-refractivity contribution < 1.29 is 4.79 Å². The number of carbonyl (C=O) groups is 1. The van der Waals surface area contributed by atoms with Crippen LogP contribution in [0.15, 0.2) is 59.8 Å². The van der Waals surface area contributed by atoms with Gasteiger partial charge >= 0.3 is 0 Å². The van der Waals surface area contributed by atoms with Gasteiger partial charge in [-0.25, -0.2) is 10.4 Å². The van der Waals surface area contributed by atoms with E-state index >= 15 is 0 Å². The zero-order chi connectivity index (χ0) is 17.2. The highest BCUT2D eigenvalue weighted by Gasteiger charge is 2.43. The summed E-state index contributed by atoms with van der Waals surface area (Å²) in [5.41, 5.74) is 5.98. The number of nitrogens with zero attached hydrogens (tertiary/aromatic N) is 3. The van der Waals surface area contributed by atoms with Gasteiger partial charge in [-0.2, -0.15) is 5.10 Å². The minimum Gasteiger partial charge on any atom is -0.273 e. The molecule has 0 radical (unpaired) electrons. The third kappa shape index (κ3) is 3.51. The van der Waals surface area contributed by atoms with Crippen LogP contribution < -0.4 is 5.43 Å². The van der Waals surface area contributed by atoms with Crippen molar-refractivity contribution in [3.05, 3.63) is 71.0 Å². The van der Waals surface area contributed by atoms with Gasteiger partial charge in [0.1, 0.15) is 0 Å². The summed E-state index contributed by atoms with van der Waals surface area (Å²) >= 11 is 6.00. The van der Waals surface area contributed by atoms with E-state index in [0.717, 1.165) is 23.0 Å². The van der Waals surface area contributed by atoms with Gasteiger partial charge < -0.3 is 0 Å². The third-order valence-corrected chi connectivity index (χ3v) is 4.49. The molecule has 124 valence electrons. The smallest absolute Gasteiger partial charge is 0.243 e. The van der Waals surface area contributed by atoms with Gasteiger partial charge in [0, 0.05) is 17.1 Å². The molecule has 1 aromatic carbocycles. The number of hydrogen-bond donors (Lipinski definition) is 1. The molecule has 6 heteroatoms. The van der Waals surface area contributed by atoms with Gasteiger partial charge in [0.2, 0.25) is 5.91 Å². The Balaban J connectivity index is 1.38. The Morgan fingerprint density at radius 3 is 3.00 bits per heavy atom. The molecule has 2 aromatic heterocycles. The molecule has 3 aromatic rings. The number of rotatable bonds is 4. The van der Waals surface area contributed by atoms with E-state index in [1.54, 1.807) is 12.4 Å². The Labute approximate surface area is 149 Å². The van der Waals surface area contributed by atoms with Crippen molar-refractivity contribution in [2.24, 2.45) is 11.0 Å². The number of carbonyl (C=O) groups excluding carboxylic acids is 1. The van der Waals surface area contributed by atoms with Gasteiger partial charge in [-0.15, -0.1) is 0 Å². The molecule has 1 fully saturated rings. The van der Waals surface area contributed by atoms with Crippen LogP contribution in [0.3, 0.4) is 0 Å². The minimum atomic E-state index is -0.0799. The lowest BCUT2D eigenvalue weighted by Crippen LogP contribution is -2.20. The van der Waals surface area contributed by atoms with Gasteiger partial charge in [0.15, 0.2) is 0 Å². The van der Waals surface area contributed by atoms with Crippen LogP contribution in [0, 0.1) is 5.92 Å². The summed E-state index contributed by atoms with van der Waals surface area (Å²) in [6, 6.07) is 15.1. The van der Waals surface area contributed by atoms with Gasteiger partial charge in [-0.3, -0.25) is 9.78 Å². The monoisotopic (exact) mass is 350 g/mol. The third-order valence-electron chi connectivity index (χ3n) is 4.25. The highest BCUT2D eigenvalue weighted by molar-refractivity contribution is 6.30. The number of fused-ring (bicyclic) bond motifs is 1. The zero-order valence-corrected chi connectivity index (χ0v) is 14.0. The fraction of sp³-hybridized carbons (Fsp3) is 0.158. The summed E-state index contributed by atoms with van der Waals surface area (Å²) in [6.45, 7) is 0. The highest BCUT2D eigenvalue weighted by atomic mass is 35.5. The molecule has 2 atom stereocenters. The van der Waals surface area contributed by atoms with Crippen molar-refractivity contribution in [3.8, 4) is 0 Å². The van der Waals surface area contributed by atoms with E-state index in [9.17, 15) is 4.79 Å². The van der Waals surface area contributed by atoms with E-state index in [4.69, 9.17) is 11.6 Å². The first-order chi connectivity index (χ1) is 12.2. The number of halogens is 1. The molecular formula is C19H15ClN4O. The standard InChI is InChI=1S/C19H15ClN4O/c20-13-4-1-3-12(9-13)15-10-16(15)19(25)24-22-11-14-6-7-17-18(23-14)5-2-8-21-17/h1-9,11,15-16H,10H2,(H,24,25). The molecule has 1 aliphatic rings. The number of hydrogen-bond acceptors (Lipinski definition) is 4. The second kappa shape index (κ2) is 6.61. The number of benzene rings is 1. The van der Waals surface area contributed by atoms with Crippen molar-refractivity contribution in [2.45, 2.75) is 12.3 Å². The first-order valence-electron chi connectivity index (χ1n) is 8.01. The first kappa shape index (κ1) is 15.7. The number of aromatic nitrogens is 2. The van der Waals surface area contributed by atoms with Gasteiger partial charge in [-0.1, -0.05) is 23.7 Å². The molecule has 25 heavy (non-hydrogen) atoms. The molecule has 1 amide bonds. The Morgan fingerprint density at radius 2 is 2.12 bits per heavy atom. The summed E-state index contributed by atoms with van der Waals surface area (Å²) in [4.78, 5) is 20.8. The second-order valence-corrected chi connectivity index (χ2v) is 6.45. The van der Waals surface area contributed by atoms with Gasteiger partial charge in [0.05, 0.1) is 22.9 Å². The van der Waals surface area contributed by atoms with Crippen LogP contribution in [-0.2, 0) is 4.79 Å². The number of hydrazone groups is 1. The van der Waals surface area contributed by atoms with Crippen molar-refractivity contribution in [2.75, 3.05) is 0 Å². The van der Waals surface area contributed by atoms with Crippen LogP contribution in [0.4, 0.5) is 0 Å². The fourth-order valence-electron chi connectivity index (χ4n) is 2.88. The van der Waals surface area contributed by atoms with Crippen LogP contribution >= 0.6 is 11.6 Å². The molecule has 1 saturated carbocycles. The first-order valence-corrected chi connectivity index (χ1v) is 8.39. The Kier molecular flexibility index (Phi) is 4.15. The van der Waals surface area contributed by atoms with Crippen molar-refractivity contribution in [1.82, 2.24) is 15.4 Å². The zero-order valence-electron chi connectivity index (χ0n) is 13.3. The van der Waals surface area contributed by atoms with Crippen molar-refractivity contribution in [1.29, 1.82) is 0 Å². The van der Waals surface area contributed by atoms with E-state index in [1.807, 2.05) is 48.5 Å². The van der Waals surface area contributed by atoms with Crippen LogP contribution in [0.5, 0.6) is 0 Å². The molecule has 0 bridgehead atoms. The molecular weight excluding hydrogens is 336 g/mol. The van der Waals surface area contributed by atoms with Crippen LogP contribution in [-0.4, -0.2) is 22.1 Å². The molecule has 2 unspecified atom stereocenters. The molecule has 2 heterocycles. The average molecular weight is 351 g/mol. The topological polar surface area (TPSA) is 67.2 Å². The van der Waals surface area contributed by atoms with E-state index in [2.05, 4.69) is 20.5 Å². The quantitative estimate of drug-likeness (QED) is 0.578. The summed E-state index contributed by atoms with van der Waals surface area (Å²) in [7, 11) is 0. The van der Waals surface area contributed by atoms with Crippen LogP contribution in [0.25, 0.3) is 11.0 Å². The second-order valence-electron chi connectivity index (χ2n) is 6.02. The maximum absolute atomic E-state index is 12.2. The predicted molar refractivity (Wildman–Crippen MR) is 97.6 cm³/mol. The fourth-order valence-corrected chi connectivity index (χ4v) is 3.08. The highest BCUT2D eigenvalue weighted by Crippen LogP contribution is 2.47. The average Bonchev–Trinajstić information content (AvgIpc) is 3.42. The lowest BCUT2D eigenvalue weighted by atomic mass is 10.1. The van der Waals surface area contributed by atoms with Crippen LogP contribution in [0.1, 0.15) is 23.6 Å². The maximum Gasteiger partial charge on any atom is 0.243 e. The molecule has 0 aliphatic heterocycles. The maximum atomic E-state index is 12.2. The Bertz CT molecular complexity index is 972. The molecule has 0 saturated heterocycles. The van der Waals surface area contributed by atoms with Crippen LogP contribution in [0.2, 0.25) is 5.02 Å². The molecule has 0 spiro atoms. The normalized spacial score (nSPS) is 19.2. The van der Waals surface area contributed by atoms with Gasteiger partial charge in [-0.05, 0) is 54.3 Å². The summed E-state index contributed by atoms with van der Waals surface area (Å²) < 4.78 is 0. The minimum absolute atomic E-state index is 0.0515. The predicted octanol–water partition coefficient (Wildman–Crippen LogP) is 3.54. The summed E-state index contributed by atoms with van der Waals surface area (Å²) in [5, 5.41) is 4.71. The number of nitrogens with one attached hydrogen (secondary N) is 1. The lowest BCUT2D eigenvalue weighted by molar-refractivity contribution is -0.122. The molecule has 1 aliphatic carbocycles. The lowest BCUT2D eigenvalue weighted by Gasteiger charge is -2.01. The Morgan fingerprint density at radius 1 is 1.20 bits per heavy atom. The summed E-state index contributed by atoms with van der Waals surface area (Å²) in [6.07, 6.45) is 4.09. The van der Waals surface area contributed by atoms with E-state index in [1.165, 1.54) is 0 Å². The summed E-state index contributed by atoms with van der Waals surface area (Å²) in [5.74, 6) is 0.0897. The van der Waals surface area contributed by atoms with E-state index in [0.29, 0.717) is 10.7 Å². The number of amides is 1. The van der Waals surface area contributed by atoms with Crippen molar-refractivity contribution in [3.63, 3.8) is 0 Å². The largest absolute Gasteiger partial charge is 0.273 e. The van der Waals surface area contributed by atoms with Gasteiger partial charge in [0.25, 0.3) is 0 Å². The number of pyridine rings is 2. The van der Waals surface area contributed by atoms with Crippen molar-refractivity contribution >= 4 is 34.8 Å². The van der Waals surface area contributed by atoms with E-state index in [-0.39, 0.29) is 17.7 Å².